The summed E-state index contributed by atoms with van der Waals surface area (Å²) >= 11 is 0. The topological polar surface area (TPSA) is 41.1 Å². The molecule has 2 aromatic rings. The van der Waals surface area contributed by atoms with E-state index in [0.29, 0.717) is 19.5 Å². The molecule has 0 spiro atoms. The third-order valence-corrected chi connectivity index (χ3v) is 2.91. The molecule has 0 heterocycles. The van der Waals surface area contributed by atoms with Gasteiger partial charge < -0.3 is 10.6 Å². The van der Waals surface area contributed by atoms with E-state index in [1.54, 1.807) is 12.1 Å². The Kier molecular flexibility index (Phi) is 5.12. The lowest BCUT2D eigenvalue weighted by Crippen LogP contribution is -2.36. The second-order valence-electron chi connectivity index (χ2n) is 4.47. The zero-order valence-corrected chi connectivity index (χ0v) is 11.1. The van der Waals surface area contributed by atoms with Crippen molar-refractivity contribution in [1.82, 2.24) is 10.6 Å². The van der Waals surface area contributed by atoms with Crippen molar-refractivity contribution < 1.29 is 9.18 Å². The summed E-state index contributed by atoms with van der Waals surface area (Å²) in [7, 11) is 0. The highest BCUT2D eigenvalue weighted by molar-refractivity contribution is 5.73. The molecule has 0 saturated carbocycles. The van der Waals surface area contributed by atoms with Crippen LogP contribution in [0, 0.1) is 5.82 Å². The molecule has 0 bridgehead atoms. The van der Waals surface area contributed by atoms with Gasteiger partial charge in [-0.15, -0.1) is 0 Å². The summed E-state index contributed by atoms with van der Waals surface area (Å²) < 4.78 is 12.7. The number of carbonyl (C=O) groups excluding carboxylic acids is 1. The number of halogens is 1. The molecule has 0 aliphatic rings. The summed E-state index contributed by atoms with van der Waals surface area (Å²) in [5.41, 5.74) is 2.05. The molecule has 104 valence electrons. The highest BCUT2D eigenvalue weighted by Crippen LogP contribution is 2.02. The molecule has 0 unspecified atom stereocenters. The number of carbonyl (C=O) groups is 1. The Balaban J connectivity index is 1.66. The molecular weight excluding hydrogens is 255 g/mol. The van der Waals surface area contributed by atoms with Gasteiger partial charge in [-0.05, 0) is 29.7 Å². The fourth-order valence-electron chi connectivity index (χ4n) is 1.81. The molecule has 2 N–H and O–H groups in total. The molecule has 20 heavy (non-hydrogen) atoms. The summed E-state index contributed by atoms with van der Waals surface area (Å²) in [6.07, 6.45) is 0.680. The summed E-state index contributed by atoms with van der Waals surface area (Å²) in [4.78, 5) is 11.6. The van der Waals surface area contributed by atoms with E-state index in [1.165, 1.54) is 12.1 Å². The van der Waals surface area contributed by atoms with Crippen LogP contribution in [0.2, 0.25) is 0 Å². The van der Waals surface area contributed by atoms with Gasteiger partial charge in [0.05, 0.1) is 0 Å². The first-order chi connectivity index (χ1) is 9.74. The van der Waals surface area contributed by atoms with Crippen LogP contribution in [-0.4, -0.2) is 12.6 Å². The summed E-state index contributed by atoms with van der Waals surface area (Å²) in [5.74, 6) is -0.248. The van der Waals surface area contributed by atoms with Crippen molar-refractivity contribution in [2.45, 2.75) is 13.0 Å². The predicted octanol–water partition coefficient (Wildman–Crippen LogP) is 2.87. The SMILES string of the molecule is O=C(NCCc1ccc(F)cc1)NCc1ccccc1. The monoisotopic (exact) mass is 272 g/mol. The van der Waals surface area contributed by atoms with Gasteiger partial charge in [0.1, 0.15) is 5.82 Å². The lowest BCUT2D eigenvalue weighted by atomic mass is 10.1. The first-order valence-corrected chi connectivity index (χ1v) is 6.54. The van der Waals surface area contributed by atoms with Crippen molar-refractivity contribution in [1.29, 1.82) is 0 Å². The van der Waals surface area contributed by atoms with E-state index in [1.807, 2.05) is 30.3 Å². The van der Waals surface area contributed by atoms with Crippen LogP contribution in [0.5, 0.6) is 0 Å². The predicted molar refractivity (Wildman–Crippen MR) is 76.8 cm³/mol. The van der Waals surface area contributed by atoms with E-state index in [-0.39, 0.29) is 11.8 Å². The molecule has 2 amide bonds. The fraction of sp³-hybridized carbons (Fsp3) is 0.188. The number of hydrogen-bond acceptors (Lipinski definition) is 1. The summed E-state index contributed by atoms with van der Waals surface area (Å²) in [6, 6.07) is 15.8. The Morgan fingerprint density at radius 1 is 0.900 bits per heavy atom. The van der Waals surface area contributed by atoms with Crippen molar-refractivity contribution in [3.8, 4) is 0 Å². The number of amides is 2. The van der Waals surface area contributed by atoms with Crippen molar-refractivity contribution >= 4 is 6.03 Å². The van der Waals surface area contributed by atoms with Gasteiger partial charge in [-0.25, -0.2) is 9.18 Å². The van der Waals surface area contributed by atoms with Gasteiger partial charge in [-0.2, -0.15) is 0 Å². The number of urea groups is 1. The van der Waals surface area contributed by atoms with Gasteiger partial charge in [0, 0.05) is 13.1 Å². The average molecular weight is 272 g/mol. The van der Waals surface area contributed by atoms with E-state index in [0.717, 1.165) is 11.1 Å². The molecule has 3 nitrogen and oxygen atoms in total. The van der Waals surface area contributed by atoms with Gasteiger partial charge in [-0.3, -0.25) is 0 Å². The van der Waals surface area contributed by atoms with Gasteiger partial charge in [-0.1, -0.05) is 42.5 Å². The number of hydrogen-bond donors (Lipinski definition) is 2. The Morgan fingerprint density at radius 3 is 2.30 bits per heavy atom. The third-order valence-electron chi connectivity index (χ3n) is 2.91. The number of nitrogens with one attached hydrogen (secondary N) is 2. The Labute approximate surface area is 117 Å². The van der Waals surface area contributed by atoms with Crippen molar-refractivity contribution in [3.05, 3.63) is 71.5 Å². The fourth-order valence-corrected chi connectivity index (χ4v) is 1.81. The zero-order valence-electron chi connectivity index (χ0n) is 11.1. The summed E-state index contributed by atoms with van der Waals surface area (Å²) in [5, 5.41) is 5.56. The van der Waals surface area contributed by atoms with E-state index >= 15 is 0 Å². The molecule has 0 saturated heterocycles. The average Bonchev–Trinajstić information content (AvgIpc) is 2.48. The van der Waals surface area contributed by atoms with Crippen molar-refractivity contribution in [3.63, 3.8) is 0 Å². The standard InChI is InChI=1S/C16H17FN2O/c17-15-8-6-13(7-9-15)10-11-18-16(20)19-12-14-4-2-1-3-5-14/h1-9H,10-12H2,(H2,18,19,20). The lowest BCUT2D eigenvalue weighted by Gasteiger charge is -2.07. The van der Waals surface area contributed by atoms with E-state index in [4.69, 9.17) is 0 Å². The van der Waals surface area contributed by atoms with Crippen LogP contribution in [-0.2, 0) is 13.0 Å². The molecule has 0 aliphatic carbocycles. The molecule has 0 radical (unpaired) electrons. The van der Waals surface area contributed by atoms with Crippen LogP contribution in [0.4, 0.5) is 9.18 Å². The maximum Gasteiger partial charge on any atom is 0.315 e. The van der Waals surface area contributed by atoms with Gasteiger partial charge in [0.15, 0.2) is 0 Å². The molecule has 0 atom stereocenters. The van der Waals surface area contributed by atoms with Crippen LogP contribution in [0.1, 0.15) is 11.1 Å². The zero-order chi connectivity index (χ0) is 14.2. The van der Waals surface area contributed by atoms with Gasteiger partial charge >= 0.3 is 6.03 Å². The van der Waals surface area contributed by atoms with Crippen LogP contribution < -0.4 is 10.6 Å². The second kappa shape index (κ2) is 7.28. The minimum atomic E-state index is -0.248. The molecule has 2 rings (SSSR count). The van der Waals surface area contributed by atoms with Crippen LogP contribution in [0.3, 0.4) is 0 Å². The first kappa shape index (κ1) is 14.1. The van der Waals surface area contributed by atoms with E-state index in [2.05, 4.69) is 10.6 Å². The smallest absolute Gasteiger partial charge is 0.315 e. The van der Waals surface area contributed by atoms with Crippen LogP contribution in [0.25, 0.3) is 0 Å². The van der Waals surface area contributed by atoms with E-state index < -0.39 is 0 Å². The third kappa shape index (κ3) is 4.72. The maximum absolute atomic E-state index is 12.7. The minimum absolute atomic E-state index is 0.198. The highest BCUT2D eigenvalue weighted by atomic mass is 19.1. The minimum Gasteiger partial charge on any atom is -0.338 e. The number of benzene rings is 2. The van der Waals surface area contributed by atoms with Gasteiger partial charge in [0.2, 0.25) is 0 Å². The summed E-state index contributed by atoms with van der Waals surface area (Å²) in [6.45, 7) is 1.02. The second-order valence-corrected chi connectivity index (χ2v) is 4.47. The number of rotatable bonds is 5. The Hall–Kier alpha value is -2.36. The highest BCUT2D eigenvalue weighted by Gasteiger charge is 2.00. The van der Waals surface area contributed by atoms with Crippen LogP contribution in [0.15, 0.2) is 54.6 Å². The first-order valence-electron chi connectivity index (χ1n) is 6.54. The molecule has 0 aliphatic heterocycles. The molecule has 0 fully saturated rings. The molecule has 0 aromatic heterocycles. The van der Waals surface area contributed by atoms with Crippen molar-refractivity contribution in [2.24, 2.45) is 0 Å². The molecular formula is C16H17FN2O. The quantitative estimate of drug-likeness (QED) is 0.863. The lowest BCUT2D eigenvalue weighted by molar-refractivity contribution is 0.240. The molecule has 4 heteroatoms. The maximum atomic E-state index is 12.7. The normalized spacial score (nSPS) is 10.1. The van der Waals surface area contributed by atoms with Crippen molar-refractivity contribution in [2.75, 3.05) is 6.54 Å². The van der Waals surface area contributed by atoms with Crippen LogP contribution >= 0.6 is 0 Å². The van der Waals surface area contributed by atoms with Gasteiger partial charge in [0.25, 0.3) is 0 Å². The largest absolute Gasteiger partial charge is 0.338 e. The Bertz CT molecular complexity index is 540. The molecule has 2 aromatic carbocycles. The van der Waals surface area contributed by atoms with E-state index in [9.17, 15) is 9.18 Å². The Morgan fingerprint density at radius 2 is 1.60 bits per heavy atom.